The fourth-order valence-corrected chi connectivity index (χ4v) is 0.291. The second-order valence-electron chi connectivity index (χ2n) is 3.75. The van der Waals surface area contributed by atoms with Gasteiger partial charge in [0.05, 0.1) is 0 Å². The molecule has 0 aliphatic rings. The molecule has 0 spiro atoms. The molecule has 0 rings (SSSR count). The fraction of sp³-hybridized carbons (Fsp3) is 1.00. The Morgan fingerprint density at radius 2 is 1.00 bits per heavy atom. The van der Waals surface area contributed by atoms with E-state index in [1.165, 1.54) is 0 Å². The maximum absolute atomic E-state index is 9.91. The molecule has 13 heteroatoms. The van der Waals surface area contributed by atoms with E-state index < -0.39 is 55.8 Å². The molecule has 0 aromatic rings. The van der Waals surface area contributed by atoms with Crippen LogP contribution in [0.15, 0.2) is 0 Å². The zero-order chi connectivity index (χ0) is 16.8. The molecule has 0 aliphatic heterocycles. The normalized spacial score (nSPS) is 10.3. The smallest absolute Gasteiger partial charge is 0.855 e. The first-order valence-electron chi connectivity index (χ1n) is 5.07. The zero-order valence-electron chi connectivity index (χ0n) is 10.9. The Morgan fingerprint density at radius 1 is 0.810 bits per heavy atom. The molecule has 1 radical (unpaired) electrons. The van der Waals surface area contributed by atoms with Gasteiger partial charge in [-0.1, -0.05) is 11.1 Å². The quantitative estimate of drug-likeness (QED) is 0.181. The van der Waals surface area contributed by atoms with E-state index in [9.17, 15) is 5.11 Å². The van der Waals surface area contributed by atoms with E-state index in [0.717, 1.165) is 0 Å². The molecule has 0 saturated heterocycles. The maximum atomic E-state index is 9.91. The zero-order valence-corrected chi connectivity index (χ0v) is 11.9. The average molecular weight is 367 g/mol. The van der Waals surface area contributed by atoms with Crippen LogP contribution in [0.25, 0.3) is 11.5 Å². The molecular weight excluding hydrogens is 346 g/mol. The Hall–Kier alpha value is -0.601. The van der Waals surface area contributed by atoms with Gasteiger partial charge in [0.2, 0.25) is 0 Å². The van der Waals surface area contributed by atoms with Gasteiger partial charge in [-0.25, -0.2) is 10.4 Å². The molecule has 0 atom stereocenters. The van der Waals surface area contributed by atoms with Crippen LogP contribution in [0.5, 0.6) is 0 Å². The molecule has 0 amide bonds. The summed E-state index contributed by atoms with van der Waals surface area (Å²) >= 11 is 0. The summed E-state index contributed by atoms with van der Waals surface area (Å²) in [6.45, 7) is -3.46. The van der Waals surface area contributed by atoms with Gasteiger partial charge in [-0.2, -0.15) is 0 Å². The molecule has 0 heterocycles. The fourth-order valence-electron chi connectivity index (χ4n) is 0.291. The van der Waals surface area contributed by atoms with Crippen LogP contribution in [0.1, 0.15) is 0 Å². The average Bonchev–Trinajstić information content (AvgIpc) is 2.45. The summed E-state index contributed by atoms with van der Waals surface area (Å²) in [5, 5.41) is 63.7. The number of aliphatic hydroxyl groups excluding tert-OH is 5. The third-order valence-corrected chi connectivity index (χ3v) is 1.79. The Bertz CT molecular complexity index is 201. The number of nitrogens with one attached hydrogen (secondary N) is 2. The number of hydrogen-bond acceptors (Lipinski definition) is 7. The van der Waals surface area contributed by atoms with Gasteiger partial charge in [0, 0.05) is 33.0 Å². The van der Waals surface area contributed by atoms with Gasteiger partial charge in [0.15, 0.2) is 0 Å². The van der Waals surface area contributed by atoms with E-state index in [0.29, 0.717) is 0 Å². The molecular formula is C8H21CuN3O9. The monoisotopic (exact) mass is 366 g/mol. The minimum absolute atomic E-state index is 0. The molecule has 0 fully saturated rings. The standard InChI is InChI=1S/C4H10NO3.C4H9NO3.Cu.H2NO3/c2*5-4(1-6,2-7)3-8;;2-1(3)4/h5-8H,1-3H2;5-7H,1-3H2;;(H2,2,3,4)/q-1;-2;+2;+1. The minimum Gasteiger partial charge on any atom is -0.855 e. The van der Waals surface area contributed by atoms with Crippen molar-refractivity contribution in [3.05, 3.63) is 16.4 Å². The van der Waals surface area contributed by atoms with Crippen molar-refractivity contribution in [2.45, 2.75) is 11.1 Å². The molecule has 21 heavy (non-hydrogen) atoms. The van der Waals surface area contributed by atoms with Gasteiger partial charge in [-0.3, -0.25) is 0 Å². The van der Waals surface area contributed by atoms with Crippen molar-refractivity contribution in [2.24, 2.45) is 0 Å². The number of nitrogens with zero attached hydrogens (tertiary/aromatic N) is 1. The summed E-state index contributed by atoms with van der Waals surface area (Å²) in [5.41, 5.74) is 10.7. The Labute approximate surface area is 131 Å². The van der Waals surface area contributed by atoms with Crippen LogP contribution in [0.3, 0.4) is 0 Å². The van der Waals surface area contributed by atoms with E-state index in [4.69, 9.17) is 52.3 Å². The third kappa shape index (κ3) is 19.4. The summed E-state index contributed by atoms with van der Waals surface area (Å²) in [5.74, 6) is 0. The molecule has 0 saturated carbocycles. The summed E-state index contributed by atoms with van der Waals surface area (Å²) in [4.78, 5) is 8.47. The van der Waals surface area contributed by atoms with Crippen molar-refractivity contribution in [1.29, 1.82) is 0 Å². The van der Waals surface area contributed by atoms with Crippen LogP contribution in [0, 0.1) is 4.91 Å². The molecule has 9 N–H and O–H groups in total. The van der Waals surface area contributed by atoms with Crippen molar-refractivity contribution < 1.29 is 63.2 Å². The van der Waals surface area contributed by atoms with Gasteiger partial charge in [0.25, 0.3) is 0 Å². The summed E-state index contributed by atoms with van der Waals surface area (Å²) in [6, 6.07) is 0. The predicted octanol–water partition coefficient (Wildman–Crippen LogP) is -3.58. The number of rotatable bonds is 6. The minimum atomic E-state index is -1.57. The molecule has 12 nitrogen and oxygen atoms in total. The van der Waals surface area contributed by atoms with Crippen molar-refractivity contribution in [1.82, 2.24) is 0 Å². The molecule has 0 aliphatic carbocycles. The van der Waals surface area contributed by atoms with Gasteiger partial charge in [0.1, 0.15) is 4.91 Å². The van der Waals surface area contributed by atoms with Crippen LogP contribution >= 0.6 is 0 Å². The molecule has 0 bridgehead atoms. The number of aliphatic hydroxyl groups is 5. The van der Waals surface area contributed by atoms with Crippen LogP contribution < -0.4 is 5.11 Å². The second kappa shape index (κ2) is 15.8. The largest absolute Gasteiger partial charge is 2.00 e. The predicted molar refractivity (Wildman–Crippen MR) is 61.6 cm³/mol. The maximum Gasteiger partial charge on any atom is 2.00 e. The Balaban J connectivity index is -0.000000107. The van der Waals surface area contributed by atoms with Crippen LogP contribution in [0.2, 0.25) is 0 Å². The Kier molecular flexibility index (Phi) is 21.5. The van der Waals surface area contributed by atoms with E-state index in [2.05, 4.69) is 0 Å². The van der Waals surface area contributed by atoms with Crippen molar-refractivity contribution in [2.75, 3.05) is 39.6 Å². The molecule has 0 unspecified atom stereocenters. The topological polar surface area (TPSA) is 232 Å². The first-order chi connectivity index (χ1) is 9.10. The van der Waals surface area contributed by atoms with Crippen molar-refractivity contribution in [3.63, 3.8) is 0 Å². The van der Waals surface area contributed by atoms with Gasteiger partial charge in [-0.15, -0.1) is 6.61 Å². The van der Waals surface area contributed by atoms with Gasteiger partial charge in [-0.05, 0) is 0 Å². The van der Waals surface area contributed by atoms with Crippen LogP contribution in [-0.2, 0) is 17.1 Å². The summed E-state index contributed by atoms with van der Waals surface area (Å²) in [6.07, 6.45) is 0. The first kappa shape index (κ1) is 28.5. The van der Waals surface area contributed by atoms with Crippen LogP contribution in [-0.4, -0.2) is 91.8 Å². The van der Waals surface area contributed by atoms with E-state index in [1.807, 2.05) is 0 Å². The van der Waals surface area contributed by atoms with Gasteiger partial charge < -0.3 is 42.1 Å². The molecule has 0 aromatic carbocycles. The third-order valence-electron chi connectivity index (χ3n) is 1.79. The second-order valence-corrected chi connectivity index (χ2v) is 3.75. The summed E-state index contributed by atoms with van der Waals surface area (Å²) in [7, 11) is 0. The van der Waals surface area contributed by atoms with E-state index in [1.54, 1.807) is 0 Å². The van der Waals surface area contributed by atoms with Crippen molar-refractivity contribution in [3.8, 4) is 0 Å². The van der Waals surface area contributed by atoms with E-state index >= 15 is 0 Å². The SMILES string of the molecule is O=[N+](O)O.[Cu+2].[NH-]C(CO)(CO)CO.[NH-]C(C[O-])(CO)CO. The molecule has 0 aromatic heterocycles. The van der Waals surface area contributed by atoms with Crippen LogP contribution in [0.4, 0.5) is 0 Å². The Morgan fingerprint density at radius 3 is 1.00 bits per heavy atom. The van der Waals surface area contributed by atoms with Gasteiger partial charge >= 0.3 is 22.2 Å². The van der Waals surface area contributed by atoms with E-state index in [-0.39, 0.29) is 17.1 Å². The molecule has 133 valence electrons. The van der Waals surface area contributed by atoms with Crippen molar-refractivity contribution >= 4 is 0 Å². The number of hydrogen-bond donors (Lipinski definition) is 7. The summed E-state index contributed by atoms with van der Waals surface area (Å²) < 4.78 is 0. The first-order valence-corrected chi connectivity index (χ1v) is 5.07.